The molecule has 0 aromatic carbocycles. The fraction of sp³-hybridized carbons (Fsp3) is 0.667. The fourth-order valence-corrected chi connectivity index (χ4v) is 2.36. The van der Waals surface area contributed by atoms with Crippen LogP contribution >= 0.6 is 0 Å². The molecule has 3 N–H and O–H groups in total. The normalized spacial score (nSPS) is 21.6. The maximum atomic E-state index is 11.7. The number of rotatable bonds is 5. The van der Waals surface area contributed by atoms with Crippen LogP contribution in [0.4, 0.5) is 4.79 Å². The predicted molar refractivity (Wildman–Crippen MR) is 70.0 cm³/mol. The van der Waals surface area contributed by atoms with Crippen molar-refractivity contribution >= 4 is 12.0 Å². The maximum Gasteiger partial charge on any atom is 0.315 e. The Morgan fingerprint density at radius 1 is 1.50 bits per heavy atom. The average Bonchev–Trinajstić information content (AvgIpc) is 2.99. The van der Waals surface area contributed by atoms with Crippen LogP contribution in [0.1, 0.15) is 25.1 Å². The minimum Gasteiger partial charge on any atom is -0.481 e. The molecule has 1 aliphatic rings. The van der Waals surface area contributed by atoms with Gasteiger partial charge in [-0.25, -0.2) is 9.78 Å². The highest BCUT2D eigenvalue weighted by Gasteiger charge is 2.30. The second kappa shape index (κ2) is 6.36. The van der Waals surface area contributed by atoms with E-state index in [0.717, 1.165) is 0 Å². The Bertz CT molecular complexity index is 487. The zero-order valence-electron chi connectivity index (χ0n) is 11.4. The molecule has 2 atom stereocenters. The van der Waals surface area contributed by atoms with E-state index in [2.05, 4.69) is 20.7 Å². The molecule has 0 spiro atoms. The van der Waals surface area contributed by atoms with Crippen LogP contribution in [0.2, 0.25) is 0 Å². The van der Waals surface area contributed by atoms with Gasteiger partial charge >= 0.3 is 12.0 Å². The summed E-state index contributed by atoms with van der Waals surface area (Å²) in [5.41, 5.74) is 0. The van der Waals surface area contributed by atoms with Crippen molar-refractivity contribution in [3.63, 3.8) is 0 Å². The van der Waals surface area contributed by atoms with E-state index in [-0.39, 0.29) is 18.0 Å². The Morgan fingerprint density at radius 3 is 2.90 bits per heavy atom. The number of carbonyl (C=O) groups excluding carboxylic acids is 1. The van der Waals surface area contributed by atoms with E-state index in [9.17, 15) is 9.59 Å². The molecular formula is C12H19N5O3. The number of carbonyl (C=O) groups is 2. The first-order valence-electron chi connectivity index (χ1n) is 6.66. The highest BCUT2D eigenvalue weighted by molar-refractivity contribution is 5.75. The lowest BCUT2D eigenvalue weighted by molar-refractivity contribution is -0.141. The molecule has 110 valence electrons. The van der Waals surface area contributed by atoms with Crippen LogP contribution in [0.15, 0.2) is 6.33 Å². The van der Waals surface area contributed by atoms with Gasteiger partial charge in [0.1, 0.15) is 6.33 Å². The van der Waals surface area contributed by atoms with Crippen molar-refractivity contribution in [1.29, 1.82) is 0 Å². The topological polar surface area (TPSA) is 109 Å². The number of hydrogen-bond donors (Lipinski definition) is 3. The van der Waals surface area contributed by atoms with Gasteiger partial charge in [-0.15, -0.1) is 0 Å². The first kappa shape index (κ1) is 14.3. The lowest BCUT2D eigenvalue weighted by atomic mass is 10.1. The molecule has 8 nitrogen and oxygen atoms in total. The van der Waals surface area contributed by atoms with E-state index >= 15 is 0 Å². The standard InChI is InChI=1S/C12H19N5O3/c1-17-7-14-10(16-17)4-5-13-12(20)15-9-3-2-8(6-9)11(18)19/h7-9H,2-6H2,1H3,(H,18,19)(H2,13,15,20). The van der Waals surface area contributed by atoms with E-state index < -0.39 is 5.97 Å². The number of urea groups is 1. The summed E-state index contributed by atoms with van der Waals surface area (Å²) in [5, 5.41) is 18.5. The summed E-state index contributed by atoms with van der Waals surface area (Å²) in [6.07, 6.45) is 4.02. The predicted octanol–water partition coefficient (Wildman–Crippen LogP) is -0.0899. The summed E-state index contributed by atoms with van der Waals surface area (Å²) in [5.74, 6) is -0.437. The van der Waals surface area contributed by atoms with Gasteiger partial charge in [-0.05, 0) is 19.3 Å². The molecule has 1 aromatic rings. The summed E-state index contributed by atoms with van der Waals surface area (Å²) < 4.78 is 1.61. The number of aromatic nitrogens is 3. The van der Waals surface area contributed by atoms with Crippen molar-refractivity contribution < 1.29 is 14.7 Å². The number of aliphatic carboxylic acids is 1. The van der Waals surface area contributed by atoms with Crippen molar-refractivity contribution in [1.82, 2.24) is 25.4 Å². The number of hydrogen-bond acceptors (Lipinski definition) is 4. The summed E-state index contributed by atoms with van der Waals surface area (Å²) in [6, 6.07) is -0.318. The Balaban J connectivity index is 1.65. The smallest absolute Gasteiger partial charge is 0.315 e. The highest BCUT2D eigenvalue weighted by Crippen LogP contribution is 2.25. The molecule has 20 heavy (non-hydrogen) atoms. The number of carboxylic acid groups (broad SMARTS) is 1. The van der Waals surface area contributed by atoms with Gasteiger partial charge in [0.2, 0.25) is 0 Å². The summed E-state index contributed by atoms with van der Waals surface area (Å²) in [6.45, 7) is 0.449. The first-order valence-corrected chi connectivity index (χ1v) is 6.66. The van der Waals surface area contributed by atoms with Crippen LogP contribution in [0, 0.1) is 5.92 Å². The van der Waals surface area contributed by atoms with Gasteiger partial charge < -0.3 is 15.7 Å². The minimum atomic E-state index is -0.782. The molecule has 2 unspecified atom stereocenters. The quantitative estimate of drug-likeness (QED) is 0.699. The number of nitrogens with zero attached hydrogens (tertiary/aromatic N) is 3. The van der Waals surface area contributed by atoms with E-state index in [0.29, 0.717) is 38.1 Å². The van der Waals surface area contributed by atoms with E-state index in [1.165, 1.54) is 0 Å². The molecule has 0 saturated heterocycles. The van der Waals surface area contributed by atoms with Crippen molar-refractivity contribution in [2.24, 2.45) is 13.0 Å². The number of carboxylic acids is 1. The molecule has 1 aliphatic carbocycles. The third kappa shape index (κ3) is 3.94. The first-order chi connectivity index (χ1) is 9.54. The highest BCUT2D eigenvalue weighted by atomic mass is 16.4. The van der Waals surface area contributed by atoms with Gasteiger partial charge in [0, 0.05) is 26.1 Å². The minimum absolute atomic E-state index is 0.0518. The molecular weight excluding hydrogens is 262 g/mol. The molecule has 1 aromatic heterocycles. The van der Waals surface area contributed by atoms with Crippen molar-refractivity contribution in [3.8, 4) is 0 Å². The molecule has 2 amide bonds. The molecule has 0 bridgehead atoms. The summed E-state index contributed by atoms with van der Waals surface area (Å²) >= 11 is 0. The van der Waals surface area contributed by atoms with Crippen LogP contribution in [0.25, 0.3) is 0 Å². The number of nitrogens with one attached hydrogen (secondary N) is 2. The molecule has 2 rings (SSSR count). The van der Waals surface area contributed by atoms with Gasteiger partial charge in [-0.3, -0.25) is 9.48 Å². The van der Waals surface area contributed by atoms with E-state index in [1.54, 1.807) is 18.1 Å². The summed E-state index contributed by atoms with van der Waals surface area (Å²) in [7, 11) is 1.79. The SMILES string of the molecule is Cn1cnc(CCNC(=O)NC2CCC(C(=O)O)C2)n1. The van der Waals surface area contributed by atoms with Crippen LogP contribution in [-0.2, 0) is 18.3 Å². The zero-order valence-corrected chi connectivity index (χ0v) is 11.4. The average molecular weight is 281 g/mol. The van der Waals surface area contributed by atoms with Crippen LogP contribution < -0.4 is 10.6 Å². The Hall–Kier alpha value is -2.12. The molecule has 1 saturated carbocycles. The van der Waals surface area contributed by atoms with Crippen molar-refractivity contribution in [2.45, 2.75) is 31.7 Å². The second-order valence-electron chi connectivity index (χ2n) is 5.03. The van der Waals surface area contributed by atoms with Gasteiger partial charge in [0.05, 0.1) is 5.92 Å². The maximum absolute atomic E-state index is 11.7. The largest absolute Gasteiger partial charge is 0.481 e. The Kier molecular flexibility index (Phi) is 4.54. The fourth-order valence-electron chi connectivity index (χ4n) is 2.36. The number of amides is 2. The lowest BCUT2D eigenvalue weighted by Gasteiger charge is -2.13. The molecule has 0 aliphatic heterocycles. The van der Waals surface area contributed by atoms with Crippen LogP contribution in [0.5, 0.6) is 0 Å². The molecule has 1 fully saturated rings. The monoisotopic (exact) mass is 281 g/mol. The van der Waals surface area contributed by atoms with Crippen molar-refractivity contribution in [2.75, 3.05) is 6.54 Å². The Labute approximate surface area is 116 Å². The molecule has 8 heteroatoms. The lowest BCUT2D eigenvalue weighted by Crippen LogP contribution is -2.42. The third-order valence-electron chi connectivity index (χ3n) is 3.40. The molecule has 0 radical (unpaired) electrons. The van der Waals surface area contributed by atoms with Crippen molar-refractivity contribution in [3.05, 3.63) is 12.2 Å². The Morgan fingerprint density at radius 2 is 2.30 bits per heavy atom. The van der Waals surface area contributed by atoms with E-state index in [4.69, 9.17) is 5.11 Å². The van der Waals surface area contributed by atoms with Crippen LogP contribution in [-0.4, -0.2) is 44.5 Å². The second-order valence-corrected chi connectivity index (χ2v) is 5.03. The zero-order chi connectivity index (χ0) is 14.5. The van der Waals surface area contributed by atoms with Crippen LogP contribution in [0.3, 0.4) is 0 Å². The molecule has 1 heterocycles. The van der Waals surface area contributed by atoms with Gasteiger partial charge in [0.25, 0.3) is 0 Å². The number of aryl methyl sites for hydroxylation is 1. The van der Waals surface area contributed by atoms with E-state index in [1.807, 2.05) is 0 Å². The van der Waals surface area contributed by atoms with Gasteiger partial charge in [-0.1, -0.05) is 0 Å². The van der Waals surface area contributed by atoms with Gasteiger partial charge in [0.15, 0.2) is 5.82 Å². The third-order valence-corrected chi connectivity index (χ3v) is 3.40. The summed E-state index contributed by atoms with van der Waals surface area (Å²) in [4.78, 5) is 26.5. The van der Waals surface area contributed by atoms with Gasteiger partial charge in [-0.2, -0.15) is 5.10 Å².